The average molecular weight is 415 g/mol. The summed E-state index contributed by atoms with van der Waals surface area (Å²) >= 11 is 7.22. The van der Waals surface area contributed by atoms with E-state index in [9.17, 15) is 13.2 Å². The van der Waals surface area contributed by atoms with Crippen LogP contribution in [0.25, 0.3) is 21.3 Å². The van der Waals surface area contributed by atoms with E-state index in [-0.39, 0.29) is 17.6 Å². The molecule has 6 nitrogen and oxygen atoms in total. The molecule has 0 saturated carbocycles. The van der Waals surface area contributed by atoms with Gasteiger partial charge >= 0.3 is 6.36 Å². The molecule has 0 amide bonds. The average Bonchev–Trinajstić information content (AvgIpc) is 3.23. The standard InChI is InChI=1S/C16H11ClF3N5OS/c17-15-24-13(12-14(25-15)27-7-23-12)21-4-3-8-6-22-11-5-9(1-2-10(8)11)26-16(18,19)20/h1-2,5-7,22H,3-4H2,(H,21,24,25)/i/hD. The number of ether oxygens (including phenoxy) is 1. The first-order chi connectivity index (χ1) is 13.3. The van der Waals surface area contributed by atoms with Crippen LogP contribution >= 0.6 is 22.9 Å². The number of fused-ring (bicyclic) bond motifs is 2. The highest BCUT2D eigenvalue weighted by molar-refractivity contribution is 7.16. The maximum Gasteiger partial charge on any atom is 0.573 e. The molecule has 0 aliphatic rings. The monoisotopic (exact) mass is 414 g/mol. The number of benzene rings is 1. The smallest absolute Gasteiger partial charge is 0.406 e. The number of nitrogens with zero attached hydrogens (tertiary/aromatic N) is 3. The first-order valence-corrected chi connectivity index (χ1v) is 8.95. The van der Waals surface area contributed by atoms with Gasteiger partial charge in [0.25, 0.3) is 0 Å². The minimum absolute atomic E-state index is 0.0355. The van der Waals surface area contributed by atoms with Crippen LogP contribution in [0.2, 0.25) is 6.70 Å². The van der Waals surface area contributed by atoms with Crippen molar-refractivity contribution in [3.63, 3.8) is 0 Å². The summed E-state index contributed by atoms with van der Waals surface area (Å²) < 4.78 is 49.2. The molecule has 0 aliphatic carbocycles. The Bertz CT molecular complexity index is 1150. The quantitative estimate of drug-likeness (QED) is 0.460. The largest absolute Gasteiger partial charge is 0.573 e. The third-order valence-electron chi connectivity index (χ3n) is 3.77. The van der Waals surface area contributed by atoms with Crippen molar-refractivity contribution in [3.05, 3.63) is 40.8 Å². The van der Waals surface area contributed by atoms with Crippen LogP contribution in [0.4, 0.5) is 19.0 Å². The lowest BCUT2D eigenvalue weighted by atomic mass is 10.1. The van der Waals surface area contributed by atoms with Gasteiger partial charge in [-0.1, -0.05) is 0 Å². The van der Waals surface area contributed by atoms with Crippen LogP contribution in [-0.2, 0) is 6.42 Å². The summed E-state index contributed by atoms with van der Waals surface area (Å²) in [5.41, 5.74) is 3.46. The lowest BCUT2D eigenvalue weighted by molar-refractivity contribution is -0.274. The van der Waals surface area contributed by atoms with Crippen LogP contribution in [0.5, 0.6) is 5.75 Å². The maximum absolute atomic E-state index is 12.4. The van der Waals surface area contributed by atoms with Crippen LogP contribution in [0.15, 0.2) is 29.9 Å². The molecule has 0 saturated heterocycles. The Hall–Kier alpha value is -2.59. The summed E-state index contributed by atoms with van der Waals surface area (Å²) in [6.07, 6.45) is -2.59. The number of H-pyrrole nitrogens is 1. The fourth-order valence-corrected chi connectivity index (χ4v) is 3.55. The van der Waals surface area contributed by atoms with E-state index in [0.29, 0.717) is 28.1 Å². The summed E-state index contributed by atoms with van der Waals surface area (Å²) in [6, 6.07) is 4.10. The van der Waals surface area contributed by atoms with Crippen molar-refractivity contribution in [1.82, 2.24) is 19.9 Å². The highest BCUT2D eigenvalue weighted by Crippen LogP contribution is 2.28. The predicted octanol–water partition coefficient (Wildman–Crippen LogP) is 4.77. The van der Waals surface area contributed by atoms with Gasteiger partial charge in [-0.25, -0.2) is 9.97 Å². The molecule has 2 N–H and O–H groups in total. The van der Waals surface area contributed by atoms with Gasteiger partial charge in [0.05, 0.1) is 5.51 Å². The van der Waals surface area contributed by atoms with E-state index < -0.39 is 6.36 Å². The summed E-state index contributed by atoms with van der Waals surface area (Å²) in [4.78, 5) is 15.9. The highest BCUT2D eigenvalue weighted by Gasteiger charge is 2.31. The van der Waals surface area contributed by atoms with Crippen LogP contribution in [0.1, 0.15) is 5.56 Å². The van der Waals surface area contributed by atoms with Gasteiger partial charge in [0.1, 0.15) is 11.3 Å². The van der Waals surface area contributed by atoms with Crippen molar-refractivity contribution in [1.29, 1.82) is 0 Å². The molecule has 4 aromatic rings. The molecule has 0 radical (unpaired) electrons. The summed E-state index contributed by atoms with van der Waals surface area (Å²) in [7, 11) is 0. The zero-order chi connectivity index (χ0) is 19.9. The van der Waals surface area contributed by atoms with Gasteiger partial charge < -0.3 is 15.0 Å². The van der Waals surface area contributed by atoms with Gasteiger partial charge in [-0.2, -0.15) is 4.98 Å². The van der Waals surface area contributed by atoms with Crippen molar-refractivity contribution < 1.29 is 19.3 Å². The molecule has 0 aliphatic heterocycles. The molecule has 0 bridgehead atoms. The molecule has 0 unspecified atom stereocenters. The van der Waals surface area contributed by atoms with Gasteiger partial charge in [-0.3, -0.25) is 0 Å². The van der Waals surface area contributed by atoms with Crippen molar-refractivity contribution >= 4 is 50.0 Å². The SMILES string of the molecule is [2H]N(CCc1c[nH]c2cc(OC(F)(F)F)ccc12)c1nc(Cl)nc2scnc12. The van der Waals surface area contributed by atoms with Gasteiger partial charge in [0.15, 0.2) is 12.1 Å². The van der Waals surface area contributed by atoms with Gasteiger partial charge in [-0.15, -0.1) is 24.5 Å². The van der Waals surface area contributed by atoms with E-state index in [4.69, 9.17) is 13.0 Å². The van der Waals surface area contributed by atoms with E-state index in [1.165, 1.54) is 28.8 Å². The summed E-state index contributed by atoms with van der Waals surface area (Å²) in [5, 5.41) is 1.96. The minimum Gasteiger partial charge on any atom is -0.406 e. The van der Waals surface area contributed by atoms with Gasteiger partial charge in [0, 0.05) is 29.7 Å². The molecule has 0 atom stereocenters. The van der Waals surface area contributed by atoms with E-state index >= 15 is 0 Å². The van der Waals surface area contributed by atoms with Crippen molar-refractivity contribution in [2.24, 2.45) is 0 Å². The van der Waals surface area contributed by atoms with Crippen LogP contribution in [0, 0.1) is 0 Å². The Morgan fingerprint density at radius 3 is 3.00 bits per heavy atom. The van der Waals surface area contributed by atoms with E-state index in [0.717, 1.165) is 10.9 Å². The lowest BCUT2D eigenvalue weighted by Gasteiger charge is -2.09. The number of alkyl halides is 3. The highest BCUT2D eigenvalue weighted by atomic mass is 35.5. The topological polar surface area (TPSA) is 75.7 Å². The minimum atomic E-state index is -4.74. The Kier molecular flexibility index (Phi) is 4.21. The number of aromatic nitrogens is 4. The third kappa shape index (κ3) is 3.91. The number of thiazole rings is 1. The molecule has 1 aromatic carbocycles. The molecule has 3 aromatic heterocycles. The Morgan fingerprint density at radius 1 is 1.33 bits per heavy atom. The second-order valence-electron chi connectivity index (χ2n) is 5.52. The van der Waals surface area contributed by atoms with Crippen molar-refractivity contribution in [2.45, 2.75) is 12.8 Å². The van der Waals surface area contributed by atoms with Crippen molar-refractivity contribution in [2.75, 3.05) is 11.9 Å². The van der Waals surface area contributed by atoms with Crippen LogP contribution in [-0.4, -0.2) is 32.8 Å². The predicted molar refractivity (Wildman–Crippen MR) is 97.4 cm³/mol. The number of anilines is 1. The second kappa shape index (κ2) is 6.86. The number of nitrogens with one attached hydrogen (secondary N) is 2. The van der Waals surface area contributed by atoms with Crippen LogP contribution < -0.4 is 10.0 Å². The maximum atomic E-state index is 12.4. The molecule has 27 heavy (non-hydrogen) atoms. The Labute approximate surface area is 160 Å². The zero-order valence-corrected chi connectivity index (χ0v) is 15.0. The molecule has 11 heteroatoms. The molecular formula is C16H11ClF3N5OS. The Balaban J connectivity index is 1.53. The van der Waals surface area contributed by atoms with Crippen molar-refractivity contribution in [3.8, 4) is 5.75 Å². The molecule has 3 heterocycles. The van der Waals surface area contributed by atoms with Crippen LogP contribution in [0.3, 0.4) is 0 Å². The van der Waals surface area contributed by atoms with E-state index in [1.807, 2.05) is 0 Å². The molecule has 0 fully saturated rings. The van der Waals surface area contributed by atoms with Gasteiger partial charge in [-0.05, 0) is 35.7 Å². The number of rotatable bonds is 5. The third-order valence-corrected chi connectivity index (χ3v) is 4.66. The molecule has 4 rings (SSSR count). The molecule has 140 valence electrons. The molecule has 0 spiro atoms. The lowest BCUT2D eigenvalue weighted by Crippen LogP contribution is -2.16. The normalized spacial score (nSPS) is 12.5. The first-order valence-electron chi connectivity index (χ1n) is 8.14. The second-order valence-corrected chi connectivity index (χ2v) is 6.69. The van der Waals surface area contributed by atoms with E-state index in [1.54, 1.807) is 17.8 Å². The number of halogens is 4. The zero-order valence-electron chi connectivity index (χ0n) is 14.4. The fraction of sp³-hybridized carbons (Fsp3) is 0.188. The molecular weight excluding hydrogens is 403 g/mol. The first kappa shape index (κ1) is 16.6. The van der Waals surface area contributed by atoms with Gasteiger partial charge in [0.2, 0.25) is 5.28 Å². The summed E-state index contributed by atoms with van der Waals surface area (Å²) in [5.74, 6) is 0.00836. The number of hydrogen-bond donors (Lipinski definition) is 2. The van der Waals surface area contributed by atoms with E-state index in [2.05, 4.69) is 24.7 Å². The Morgan fingerprint density at radius 2 is 2.19 bits per heavy atom. The fourth-order valence-electron chi connectivity index (χ4n) is 2.68. The summed E-state index contributed by atoms with van der Waals surface area (Å²) in [6.45, 7) is 0.272. The number of aromatic amines is 1. The number of hydrogen-bond acceptors (Lipinski definition) is 6.